The monoisotopic (exact) mass is 334 g/mol. The zero-order valence-electron chi connectivity index (χ0n) is 11.7. The Hall–Kier alpha value is 0.461. The normalized spacial score (nSPS) is 11.8. The summed E-state index contributed by atoms with van der Waals surface area (Å²) in [5.41, 5.74) is -0.281. The quantitative estimate of drug-likeness (QED) is 0.488. The van der Waals surface area contributed by atoms with E-state index < -0.39 is 22.3 Å². The predicted molar refractivity (Wildman–Crippen MR) is 69.7 cm³/mol. The SMILES string of the molecule is Cc1ccc(OCCCS(C)(=O)=O)c([B-](F)(F)F)c1.[K+]. The van der Waals surface area contributed by atoms with Gasteiger partial charge in [-0.1, -0.05) is 23.2 Å². The van der Waals surface area contributed by atoms with Crippen molar-refractivity contribution in [1.29, 1.82) is 0 Å². The maximum atomic E-state index is 12.8. The molecule has 108 valence electrons. The Morgan fingerprint density at radius 1 is 1.25 bits per heavy atom. The Kier molecular flexibility index (Phi) is 8.38. The summed E-state index contributed by atoms with van der Waals surface area (Å²) in [6, 6.07) is 3.82. The number of aryl methyl sites for hydroxylation is 1. The molecule has 0 aliphatic rings. The molecule has 1 aromatic carbocycles. The van der Waals surface area contributed by atoms with E-state index in [2.05, 4.69) is 0 Å². The van der Waals surface area contributed by atoms with Crippen molar-refractivity contribution in [3.05, 3.63) is 23.8 Å². The summed E-state index contributed by atoms with van der Waals surface area (Å²) in [4.78, 5) is 0. The van der Waals surface area contributed by atoms with Gasteiger partial charge in [-0.2, -0.15) is 0 Å². The van der Waals surface area contributed by atoms with Crippen molar-refractivity contribution in [2.45, 2.75) is 13.3 Å². The molecule has 0 radical (unpaired) electrons. The van der Waals surface area contributed by atoms with Crippen molar-refractivity contribution < 1.29 is 77.5 Å². The van der Waals surface area contributed by atoms with E-state index in [1.807, 2.05) is 0 Å². The Bertz CT molecular complexity index is 546. The number of ether oxygens (including phenoxy) is 1. The van der Waals surface area contributed by atoms with Crippen molar-refractivity contribution in [1.82, 2.24) is 0 Å². The summed E-state index contributed by atoms with van der Waals surface area (Å²) in [5.74, 6) is -0.350. The molecule has 0 spiro atoms. The van der Waals surface area contributed by atoms with Gasteiger partial charge in [0.25, 0.3) is 0 Å². The van der Waals surface area contributed by atoms with Crippen LogP contribution in [-0.4, -0.2) is 34.0 Å². The van der Waals surface area contributed by atoms with Crippen LogP contribution >= 0.6 is 0 Å². The van der Waals surface area contributed by atoms with Crippen LogP contribution in [-0.2, 0) is 9.84 Å². The Morgan fingerprint density at radius 3 is 2.35 bits per heavy atom. The number of hydrogen-bond donors (Lipinski definition) is 0. The van der Waals surface area contributed by atoms with Gasteiger partial charge < -0.3 is 17.7 Å². The molecule has 0 heterocycles. The van der Waals surface area contributed by atoms with E-state index in [9.17, 15) is 21.4 Å². The van der Waals surface area contributed by atoms with Gasteiger partial charge in [-0.25, -0.2) is 8.42 Å². The fraction of sp³-hybridized carbons (Fsp3) is 0.455. The van der Waals surface area contributed by atoms with Crippen LogP contribution in [0.15, 0.2) is 18.2 Å². The smallest absolute Gasteiger partial charge is 0.497 e. The number of benzene rings is 1. The molecule has 0 atom stereocenters. The maximum Gasteiger partial charge on any atom is 1.00 e. The Morgan fingerprint density at radius 2 is 1.85 bits per heavy atom. The van der Waals surface area contributed by atoms with E-state index in [0.29, 0.717) is 5.56 Å². The molecule has 3 nitrogen and oxygen atoms in total. The molecule has 0 saturated carbocycles. The predicted octanol–water partition coefficient (Wildman–Crippen LogP) is -1.13. The summed E-state index contributed by atoms with van der Waals surface area (Å²) in [7, 11) is -3.12. The van der Waals surface area contributed by atoms with E-state index in [-0.39, 0.29) is 75.9 Å². The summed E-state index contributed by atoms with van der Waals surface area (Å²) in [6.07, 6.45) is 1.24. The molecule has 1 rings (SSSR count). The van der Waals surface area contributed by atoms with Crippen LogP contribution in [0.2, 0.25) is 0 Å². The number of sulfone groups is 1. The second kappa shape index (κ2) is 8.19. The third-order valence-electron chi connectivity index (χ3n) is 2.43. The van der Waals surface area contributed by atoms with E-state index in [1.165, 1.54) is 12.1 Å². The molecule has 0 fully saturated rings. The van der Waals surface area contributed by atoms with Gasteiger partial charge in [0.1, 0.15) is 9.84 Å². The van der Waals surface area contributed by atoms with Crippen molar-refractivity contribution in [3.8, 4) is 5.75 Å². The number of hydrogen-bond acceptors (Lipinski definition) is 3. The Balaban J connectivity index is 0.00000361. The molecule has 9 heteroatoms. The van der Waals surface area contributed by atoms with Crippen LogP contribution in [0.1, 0.15) is 12.0 Å². The molecule has 0 bridgehead atoms. The minimum atomic E-state index is -5.15. The first-order chi connectivity index (χ1) is 8.59. The van der Waals surface area contributed by atoms with Gasteiger partial charge >= 0.3 is 58.4 Å². The van der Waals surface area contributed by atoms with Crippen molar-refractivity contribution in [3.63, 3.8) is 0 Å². The van der Waals surface area contributed by atoms with Crippen molar-refractivity contribution in [2.75, 3.05) is 18.6 Å². The maximum absolute atomic E-state index is 12.8. The summed E-state index contributed by atoms with van der Waals surface area (Å²) in [6.45, 7) is -3.64. The summed E-state index contributed by atoms with van der Waals surface area (Å²) >= 11 is 0. The minimum Gasteiger partial charge on any atom is -0.497 e. The largest absolute Gasteiger partial charge is 1.00 e. The number of rotatable bonds is 6. The average molecular weight is 334 g/mol. The first-order valence-corrected chi connectivity index (χ1v) is 7.76. The fourth-order valence-corrected chi connectivity index (χ4v) is 2.20. The standard InChI is InChI=1S/C11H15BF3O3S.K/c1-9-4-5-11(10(8-9)12(13,14)15)18-6-3-7-19(2,16)17;/h4-5,8H,3,6-7H2,1-2H3;/q-1;+1. The third kappa shape index (κ3) is 7.46. The van der Waals surface area contributed by atoms with Gasteiger partial charge in [0.2, 0.25) is 0 Å². The molecule has 0 N–H and O–H groups in total. The molecule has 0 unspecified atom stereocenters. The van der Waals surface area contributed by atoms with E-state index >= 15 is 0 Å². The molecule has 0 aromatic heterocycles. The van der Waals surface area contributed by atoms with Crippen molar-refractivity contribution >= 4 is 22.3 Å². The van der Waals surface area contributed by atoms with Gasteiger partial charge in [-0.15, -0.1) is 0 Å². The van der Waals surface area contributed by atoms with Crippen LogP contribution in [0, 0.1) is 6.92 Å². The van der Waals surface area contributed by atoms with Gasteiger partial charge in [0.05, 0.1) is 18.1 Å². The fourth-order valence-electron chi connectivity index (χ4n) is 1.56. The summed E-state index contributed by atoms with van der Waals surface area (Å²) < 4.78 is 65.2. The first kappa shape index (κ1) is 20.5. The van der Waals surface area contributed by atoms with E-state index in [0.717, 1.165) is 12.3 Å². The van der Waals surface area contributed by atoms with Gasteiger partial charge in [0, 0.05) is 6.26 Å². The molecule has 0 saturated heterocycles. The first-order valence-electron chi connectivity index (χ1n) is 5.70. The minimum absolute atomic E-state index is 0. The molecule has 0 aliphatic carbocycles. The van der Waals surface area contributed by atoms with Crippen LogP contribution < -0.4 is 61.6 Å². The molecule has 0 aliphatic heterocycles. The topological polar surface area (TPSA) is 43.4 Å². The molecular formula is C11H15BF3KO3S. The molecule has 1 aromatic rings. The van der Waals surface area contributed by atoms with E-state index in [1.54, 1.807) is 6.92 Å². The third-order valence-corrected chi connectivity index (χ3v) is 3.47. The average Bonchev–Trinajstić information content (AvgIpc) is 2.23. The van der Waals surface area contributed by atoms with Gasteiger partial charge in [0.15, 0.2) is 0 Å². The zero-order chi connectivity index (χ0) is 14.7. The molecule has 0 amide bonds. The van der Waals surface area contributed by atoms with Crippen molar-refractivity contribution in [2.24, 2.45) is 0 Å². The number of halogens is 3. The van der Waals surface area contributed by atoms with Crippen LogP contribution in [0.5, 0.6) is 5.75 Å². The second-order valence-electron chi connectivity index (χ2n) is 4.45. The van der Waals surface area contributed by atoms with Crippen LogP contribution in [0.4, 0.5) is 12.9 Å². The van der Waals surface area contributed by atoms with Gasteiger partial charge in [-0.3, -0.25) is 0 Å². The molecule has 20 heavy (non-hydrogen) atoms. The zero-order valence-corrected chi connectivity index (χ0v) is 15.6. The van der Waals surface area contributed by atoms with E-state index in [4.69, 9.17) is 4.74 Å². The Labute approximate surface area is 159 Å². The van der Waals surface area contributed by atoms with Gasteiger partial charge in [-0.05, 0) is 19.4 Å². The molecular weight excluding hydrogens is 319 g/mol. The van der Waals surface area contributed by atoms with Crippen LogP contribution in [0.3, 0.4) is 0 Å². The summed E-state index contributed by atoms with van der Waals surface area (Å²) in [5, 5.41) is 0. The second-order valence-corrected chi connectivity index (χ2v) is 6.71. The van der Waals surface area contributed by atoms with Crippen LogP contribution in [0.25, 0.3) is 0 Å².